The molecule has 14 atom stereocenters. The Hall–Kier alpha value is -4.91. The number of aromatic nitrogens is 3. The zero-order valence-corrected chi connectivity index (χ0v) is 37.6. The molecule has 3 fully saturated rings. The molecule has 3 saturated heterocycles. The number of alkyl carbamates (subject to hydrolysis) is 2. The summed E-state index contributed by atoms with van der Waals surface area (Å²) in [6.45, 7) is 14.7. The van der Waals surface area contributed by atoms with Crippen molar-refractivity contribution in [3.8, 4) is 5.69 Å². The number of ketones is 1. The number of nitrogens with one attached hydrogen (secondary N) is 2. The number of cyclic esters (lactones) is 1. The fourth-order valence-corrected chi connectivity index (χ4v) is 9.21. The molecule has 2 amide bonds. The van der Waals surface area contributed by atoms with Gasteiger partial charge < -0.3 is 49.1 Å². The molecule has 3 N–H and O–H groups in total. The van der Waals surface area contributed by atoms with Crippen LogP contribution >= 0.6 is 0 Å². The fraction of sp³-hybridized carbons (Fsp3) is 0.659. The maximum Gasteiger partial charge on any atom is 0.408 e. The van der Waals surface area contributed by atoms with Gasteiger partial charge in [0.05, 0.1) is 35.9 Å². The SMILES string of the molecule is CC[C@H]1OC(=O)[C@H](C)[C@@H](O)[C@H](C)[C@@H](O[C@@H]2O[C@H](C)C[C@H](N(C)C)[C@H]2OC(C)=O)[C@](C)(OC(=O)NCC=Cc2ccc(-n3cncn3)cc2)C[C@@H](C)C(=O)[C@H](C)[C@H]2NC(=O)O[C@@]21C. The van der Waals surface area contributed by atoms with Crippen molar-refractivity contribution >= 4 is 36.0 Å². The highest BCUT2D eigenvalue weighted by Crippen LogP contribution is 2.41. The predicted molar refractivity (Wildman–Crippen MR) is 224 cm³/mol. The average molecular weight is 869 g/mol. The lowest BCUT2D eigenvalue weighted by atomic mass is 9.73. The molecule has 5 rings (SSSR count). The minimum atomic E-state index is -1.73. The fourth-order valence-electron chi connectivity index (χ4n) is 9.21. The summed E-state index contributed by atoms with van der Waals surface area (Å²) in [6, 6.07) is 6.28. The molecule has 0 bridgehead atoms. The summed E-state index contributed by atoms with van der Waals surface area (Å²) in [5.41, 5.74) is -1.47. The molecule has 4 heterocycles. The van der Waals surface area contributed by atoms with Gasteiger partial charge in [-0.05, 0) is 78.7 Å². The molecule has 0 aliphatic carbocycles. The Balaban J connectivity index is 1.52. The van der Waals surface area contributed by atoms with Gasteiger partial charge in [-0.1, -0.05) is 52.0 Å². The molecular formula is C44H64N6O12. The van der Waals surface area contributed by atoms with Gasteiger partial charge in [0, 0.05) is 31.2 Å². The first-order valence-corrected chi connectivity index (χ1v) is 21.3. The van der Waals surface area contributed by atoms with E-state index in [1.165, 1.54) is 20.2 Å². The number of esters is 2. The second kappa shape index (κ2) is 20.1. The Morgan fingerprint density at radius 3 is 2.39 bits per heavy atom. The van der Waals surface area contributed by atoms with Crippen LogP contribution in [0.1, 0.15) is 87.1 Å². The van der Waals surface area contributed by atoms with Gasteiger partial charge in [-0.25, -0.2) is 19.3 Å². The van der Waals surface area contributed by atoms with E-state index in [0.717, 1.165) is 11.3 Å². The molecular weight excluding hydrogens is 805 g/mol. The molecule has 3 aliphatic heterocycles. The molecule has 0 spiro atoms. The number of nitrogens with zero attached hydrogens (tertiary/aromatic N) is 4. The Labute approximate surface area is 363 Å². The summed E-state index contributed by atoms with van der Waals surface area (Å²) < 4.78 is 38.8. The maximum atomic E-state index is 14.5. The smallest absolute Gasteiger partial charge is 0.408 e. The third-order valence-electron chi connectivity index (χ3n) is 12.5. The number of hydrogen-bond acceptors (Lipinski definition) is 15. The van der Waals surface area contributed by atoms with Gasteiger partial charge in [0.1, 0.15) is 36.2 Å². The number of Topliss-reactive ketones (excluding diaryl/α,β-unsaturated/α-hetero) is 1. The van der Waals surface area contributed by atoms with Gasteiger partial charge >= 0.3 is 24.1 Å². The topological polar surface area (TPSA) is 219 Å². The zero-order chi connectivity index (χ0) is 45.7. The van der Waals surface area contributed by atoms with Crippen LogP contribution in [0.4, 0.5) is 9.59 Å². The number of carbonyl (C=O) groups excluding carboxylic acids is 5. The quantitative estimate of drug-likeness (QED) is 0.225. The van der Waals surface area contributed by atoms with Crippen LogP contribution in [0.5, 0.6) is 0 Å². The molecule has 0 unspecified atom stereocenters. The number of fused-ring (bicyclic) bond motifs is 1. The van der Waals surface area contributed by atoms with Gasteiger partial charge in [-0.3, -0.25) is 14.4 Å². The van der Waals surface area contributed by atoms with Gasteiger partial charge in [0.15, 0.2) is 18.0 Å². The van der Waals surface area contributed by atoms with Gasteiger partial charge in [0.25, 0.3) is 0 Å². The van der Waals surface area contributed by atoms with E-state index in [2.05, 4.69) is 20.7 Å². The van der Waals surface area contributed by atoms with Crippen molar-refractivity contribution < 1.29 is 57.5 Å². The summed E-state index contributed by atoms with van der Waals surface area (Å²) in [4.78, 5) is 73.7. The van der Waals surface area contributed by atoms with Crippen molar-refractivity contribution in [1.82, 2.24) is 30.3 Å². The van der Waals surface area contributed by atoms with E-state index in [1.54, 1.807) is 58.6 Å². The molecule has 1 aromatic carbocycles. The van der Waals surface area contributed by atoms with E-state index in [4.69, 9.17) is 28.4 Å². The number of aliphatic hydroxyl groups excluding tert-OH is 1. The standard InChI is InChI=1S/C44H64N6O12/c1-12-33-44(9)37(48-42(56)62-44)26(4)34(52)24(2)21-43(8,61-41(55)46-19-13-14-30-15-17-31(18-16-30)50-23-45-22-47-50)38(27(5)35(53)28(6)39(54)59-33)60-40-36(58-29(7)51)32(49(10)11)20-25(3)57-40/h13-18,22-28,32-33,35-38,40,53H,12,19-21H2,1-11H3,(H,46,55)(H,48,56)/t24-,25-,26+,27+,28-,32+,33-,35+,36-,37-,38-,40+,43-,44-/m1/s1. The number of rotatable bonds is 10. The van der Waals surface area contributed by atoms with Crippen molar-refractivity contribution in [1.29, 1.82) is 0 Å². The Morgan fingerprint density at radius 1 is 1.08 bits per heavy atom. The lowest BCUT2D eigenvalue weighted by Crippen LogP contribution is -2.61. The number of aliphatic hydroxyl groups is 1. The summed E-state index contributed by atoms with van der Waals surface area (Å²) in [7, 11) is 3.69. The molecule has 2 aromatic rings. The van der Waals surface area contributed by atoms with Gasteiger partial charge in [-0.15, -0.1) is 0 Å². The highest BCUT2D eigenvalue weighted by atomic mass is 16.7. The number of likely N-dealkylation sites (N-methyl/N-ethyl adjacent to an activating group) is 1. The highest BCUT2D eigenvalue weighted by Gasteiger charge is 2.58. The van der Waals surface area contributed by atoms with Crippen LogP contribution in [-0.4, -0.2) is 135 Å². The van der Waals surface area contributed by atoms with Crippen LogP contribution in [0, 0.1) is 23.7 Å². The minimum Gasteiger partial charge on any atom is -0.458 e. The molecule has 62 heavy (non-hydrogen) atoms. The van der Waals surface area contributed by atoms with E-state index in [1.807, 2.05) is 56.3 Å². The van der Waals surface area contributed by atoms with Crippen molar-refractivity contribution in [2.45, 2.75) is 142 Å². The normalized spacial score (nSPS) is 35.9. The molecule has 342 valence electrons. The van der Waals surface area contributed by atoms with Crippen LogP contribution in [0.25, 0.3) is 11.8 Å². The van der Waals surface area contributed by atoms with E-state index in [9.17, 15) is 29.1 Å². The van der Waals surface area contributed by atoms with Gasteiger partial charge in [0.2, 0.25) is 0 Å². The van der Waals surface area contributed by atoms with Crippen LogP contribution in [0.15, 0.2) is 43.0 Å². The van der Waals surface area contributed by atoms with Crippen molar-refractivity contribution in [3.63, 3.8) is 0 Å². The van der Waals surface area contributed by atoms with E-state index >= 15 is 0 Å². The predicted octanol–water partition coefficient (Wildman–Crippen LogP) is 4.21. The Morgan fingerprint density at radius 2 is 1.77 bits per heavy atom. The first-order valence-electron chi connectivity index (χ1n) is 21.3. The van der Waals surface area contributed by atoms with E-state index in [-0.39, 0.29) is 37.3 Å². The maximum absolute atomic E-state index is 14.5. The van der Waals surface area contributed by atoms with E-state index in [0.29, 0.717) is 6.42 Å². The molecule has 1 aromatic heterocycles. The summed E-state index contributed by atoms with van der Waals surface area (Å²) in [6.07, 6.45) is -0.724. The second-order valence-corrected chi connectivity index (χ2v) is 17.6. The number of benzene rings is 1. The largest absolute Gasteiger partial charge is 0.458 e. The Bertz CT molecular complexity index is 1910. The molecule has 18 heteroatoms. The molecule has 0 saturated carbocycles. The minimum absolute atomic E-state index is 0.0542. The number of ether oxygens (including phenoxy) is 6. The summed E-state index contributed by atoms with van der Waals surface area (Å²) >= 11 is 0. The zero-order valence-electron chi connectivity index (χ0n) is 37.6. The third kappa shape index (κ3) is 10.8. The van der Waals surface area contributed by atoms with Gasteiger partial charge in [-0.2, -0.15) is 5.10 Å². The van der Waals surface area contributed by atoms with Crippen LogP contribution < -0.4 is 10.6 Å². The highest BCUT2D eigenvalue weighted by molar-refractivity contribution is 5.85. The molecule has 3 aliphatic rings. The monoisotopic (exact) mass is 868 g/mol. The second-order valence-electron chi connectivity index (χ2n) is 17.6. The lowest BCUT2D eigenvalue weighted by Gasteiger charge is -2.48. The first kappa shape index (κ1) is 48.1. The van der Waals surface area contributed by atoms with Crippen LogP contribution in [0.2, 0.25) is 0 Å². The lowest BCUT2D eigenvalue weighted by molar-refractivity contribution is -0.300. The van der Waals surface area contributed by atoms with Crippen LogP contribution in [-0.2, 0) is 42.8 Å². The average Bonchev–Trinajstić information content (AvgIpc) is 3.87. The van der Waals surface area contributed by atoms with Crippen LogP contribution in [0.3, 0.4) is 0 Å². The number of hydrogen-bond donors (Lipinski definition) is 3. The number of amides is 2. The molecule has 18 nitrogen and oxygen atoms in total. The first-order chi connectivity index (χ1) is 29.2. The Kier molecular flexibility index (Phi) is 15.6. The van der Waals surface area contributed by atoms with Crippen molar-refractivity contribution in [2.75, 3.05) is 20.6 Å². The summed E-state index contributed by atoms with van der Waals surface area (Å²) in [5.74, 6) is -5.53. The number of carbonyl (C=O) groups is 5. The molecule has 0 radical (unpaired) electrons. The van der Waals surface area contributed by atoms with Crippen molar-refractivity contribution in [2.24, 2.45) is 23.7 Å². The summed E-state index contributed by atoms with van der Waals surface area (Å²) in [5, 5.41) is 21.8. The van der Waals surface area contributed by atoms with Crippen molar-refractivity contribution in [3.05, 3.63) is 48.6 Å². The third-order valence-corrected chi connectivity index (χ3v) is 12.5. The van der Waals surface area contributed by atoms with E-state index < -0.39 is 95.7 Å².